The second-order valence-corrected chi connectivity index (χ2v) is 7.79. The van der Waals surface area contributed by atoms with E-state index >= 15 is 0 Å². The Morgan fingerprint density at radius 3 is 2.50 bits per heavy atom. The minimum absolute atomic E-state index is 0. The number of aliphatic hydroxyl groups is 1. The number of aromatic nitrogens is 1. The average Bonchev–Trinajstić information content (AvgIpc) is 3.23. The standard InChI is InChI=1S/C23H28N4OS.HI/c1-17-8-10-19(11-9-17)22-27-21(16-29-22)12-13-25-23(24-2)26-14-20(15-28)18-6-4-3-5-7-18;/h3-11,16,20,28H,12-15H2,1-2H3,(H2,24,25,26);1H. The van der Waals surface area contributed by atoms with Gasteiger partial charge < -0.3 is 15.7 Å². The van der Waals surface area contributed by atoms with Crippen LogP contribution in [0.3, 0.4) is 0 Å². The molecule has 0 aliphatic carbocycles. The Bertz CT molecular complexity index is 912. The van der Waals surface area contributed by atoms with Crippen LogP contribution in [0.15, 0.2) is 65.0 Å². The number of rotatable bonds is 8. The van der Waals surface area contributed by atoms with Crippen molar-refractivity contribution in [2.75, 3.05) is 26.7 Å². The SMILES string of the molecule is CN=C(NCCc1csc(-c2ccc(C)cc2)n1)NCC(CO)c1ccccc1.I. The molecule has 30 heavy (non-hydrogen) atoms. The van der Waals surface area contributed by atoms with Gasteiger partial charge in [0.1, 0.15) is 5.01 Å². The predicted molar refractivity (Wildman–Crippen MR) is 137 cm³/mol. The summed E-state index contributed by atoms with van der Waals surface area (Å²) >= 11 is 1.68. The molecule has 2 aromatic carbocycles. The molecule has 160 valence electrons. The zero-order valence-corrected chi connectivity index (χ0v) is 20.5. The number of hydrogen-bond acceptors (Lipinski definition) is 4. The van der Waals surface area contributed by atoms with Crippen molar-refractivity contribution >= 4 is 41.3 Å². The van der Waals surface area contributed by atoms with Crippen LogP contribution in [0.4, 0.5) is 0 Å². The van der Waals surface area contributed by atoms with E-state index in [0.29, 0.717) is 6.54 Å². The van der Waals surface area contributed by atoms with Crippen molar-refractivity contribution in [3.63, 3.8) is 0 Å². The van der Waals surface area contributed by atoms with Gasteiger partial charge in [-0.2, -0.15) is 0 Å². The molecule has 0 saturated carbocycles. The largest absolute Gasteiger partial charge is 0.396 e. The molecule has 1 atom stereocenters. The number of nitrogens with one attached hydrogen (secondary N) is 2. The van der Waals surface area contributed by atoms with Crippen molar-refractivity contribution in [3.05, 3.63) is 76.8 Å². The Hall–Kier alpha value is -1.97. The number of benzene rings is 2. The van der Waals surface area contributed by atoms with Gasteiger partial charge in [-0.25, -0.2) is 4.98 Å². The van der Waals surface area contributed by atoms with E-state index in [2.05, 4.69) is 52.2 Å². The van der Waals surface area contributed by atoms with Gasteiger partial charge in [-0.1, -0.05) is 60.2 Å². The highest BCUT2D eigenvalue weighted by molar-refractivity contribution is 14.0. The molecule has 3 N–H and O–H groups in total. The fraction of sp³-hybridized carbons (Fsp3) is 0.304. The molecule has 0 amide bonds. The Labute approximate surface area is 199 Å². The second-order valence-electron chi connectivity index (χ2n) is 6.93. The number of guanidine groups is 1. The van der Waals surface area contributed by atoms with Gasteiger partial charge >= 0.3 is 0 Å². The third kappa shape index (κ3) is 7.07. The maximum atomic E-state index is 9.69. The summed E-state index contributed by atoms with van der Waals surface area (Å²) < 4.78 is 0. The first-order chi connectivity index (χ1) is 14.2. The summed E-state index contributed by atoms with van der Waals surface area (Å²) in [5, 5.41) is 19.5. The van der Waals surface area contributed by atoms with E-state index < -0.39 is 0 Å². The number of halogens is 1. The van der Waals surface area contributed by atoms with Crippen molar-refractivity contribution in [1.82, 2.24) is 15.6 Å². The van der Waals surface area contributed by atoms with Crippen LogP contribution in [0.25, 0.3) is 10.6 Å². The molecular formula is C23H29IN4OS. The van der Waals surface area contributed by atoms with Crippen LogP contribution in [0.5, 0.6) is 0 Å². The summed E-state index contributed by atoms with van der Waals surface area (Å²) in [6.45, 7) is 3.54. The summed E-state index contributed by atoms with van der Waals surface area (Å²) in [6, 6.07) is 18.5. The predicted octanol–water partition coefficient (Wildman–Crippen LogP) is 4.22. The lowest BCUT2D eigenvalue weighted by Gasteiger charge is -2.18. The lowest BCUT2D eigenvalue weighted by atomic mass is 10.0. The maximum Gasteiger partial charge on any atom is 0.191 e. The number of thiazole rings is 1. The van der Waals surface area contributed by atoms with Crippen LogP contribution in [0, 0.1) is 6.92 Å². The smallest absolute Gasteiger partial charge is 0.191 e. The first-order valence-corrected chi connectivity index (χ1v) is 10.7. The molecule has 0 aliphatic heterocycles. The molecular weight excluding hydrogens is 507 g/mol. The molecule has 0 aliphatic rings. The van der Waals surface area contributed by atoms with Gasteiger partial charge in [0.05, 0.1) is 12.3 Å². The average molecular weight is 536 g/mol. The van der Waals surface area contributed by atoms with Gasteiger partial charge in [0.2, 0.25) is 0 Å². The summed E-state index contributed by atoms with van der Waals surface area (Å²) in [5.41, 5.74) is 4.60. The third-order valence-electron chi connectivity index (χ3n) is 4.75. The van der Waals surface area contributed by atoms with Crippen LogP contribution < -0.4 is 10.6 Å². The number of aliphatic hydroxyl groups excluding tert-OH is 1. The number of aryl methyl sites for hydroxylation is 1. The monoisotopic (exact) mass is 536 g/mol. The van der Waals surface area contributed by atoms with E-state index in [1.165, 1.54) is 5.56 Å². The lowest BCUT2D eigenvalue weighted by molar-refractivity contribution is 0.265. The molecule has 0 fully saturated rings. The number of aliphatic imine (C=N–C) groups is 1. The van der Waals surface area contributed by atoms with Crippen LogP contribution in [-0.4, -0.2) is 42.8 Å². The van der Waals surface area contributed by atoms with E-state index in [-0.39, 0.29) is 36.5 Å². The van der Waals surface area contributed by atoms with Gasteiger partial charge in [0.25, 0.3) is 0 Å². The van der Waals surface area contributed by atoms with Crippen molar-refractivity contribution in [1.29, 1.82) is 0 Å². The van der Waals surface area contributed by atoms with Crippen LogP contribution in [0.2, 0.25) is 0 Å². The number of nitrogens with zero attached hydrogens (tertiary/aromatic N) is 2. The molecule has 0 spiro atoms. The van der Waals surface area contributed by atoms with E-state index in [4.69, 9.17) is 4.98 Å². The van der Waals surface area contributed by atoms with Crippen molar-refractivity contribution in [2.24, 2.45) is 4.99 Å². The highest BCUT2D eigenvalue weighted by Crippen LogP contribution is 2.24. The van der Waals surface area contributed by atoms with Gasteiger partial charge in [-0.15, -0.1) is 35.3 Å². The van der Waals surface area contributed by atoms with E-state index in [1.807, 2.05) is 30.3 Å². The molecule has 5 nitrogen and oxygen atoms in total. The normalized spacial score (nSPS) is 12.2. The highest BCUT2D eigenvalue weighted by atomic mass is 127. The summed E-state index contributed by atoms with van der Waals surface area (Å²) in [5.74, 6) is 0.763. The van der Waals surface area contributed by atoms with E-state index in [9.17, 15) is 5.11 Å². The summed E-state index contributed by atoms with van der Waals surface area (Å²) in [6.07, 6.45) is 0.825. The molecule has 1 unspecified atom stereocenters. The minimum atomic E-state index is 0. The van der Waals surface area contributed by atoms with Gasteiger partial charge in [-0.05, 0) is 12.5 Å². The molecule has 7 heteroatoms. The fourth-order valence-corrected chi connectivity index (χ4v) is 3.87. The molecule has 0 saturated heterocycles. The zero-order valence-electron chi connectivity index (χ0n) is 17.3. The topological polar surface area (TPSA) is 69.5 Å². The van der Waals surface area contributed by atoms with Crippen LogP contribution >= 0.6 is 35.3 Å². The minimum Gasteiger partial charge on any atom is -0.396 e. The maximum absolute atomic E-state index is 9.69. The van der Waals surface area contributed by atoms with Gasteiger partial charge in [0.15, 0.2) is 5.96 Å². The first-order valence-electron chi connectivity index (χ1n) is 9.81. The highest BCUT2D eigenvalue weighted by Gasteiger charge is 2.11. The van der Waals surface area contributed by atoms with Crippen molar-refractivity contribution < 1.29 is 5.11 Å². The van der Waals surface area contributed by atoms with E-state index in [1.54, 1.807) is 18.4 Å². The molecule has 1 heterocycles. The van der Waals surface area contributed by atoms with E-state index in [0.717, 1.165) is 40.8 Å². The zero-order chi connectivity index (χ0) is 20.5. The Morgan fingerprint density at radius 1 is 1.10 bits per heavy atom. The van der Waals surface area contributed by atoms with Crippen molar-refractivity contribution in [3.8, 4) is 10.6 Å². The molecule has 0 bridgehead atoms. The molecule has 3 rings (SSSR count). The summed E-state index contributed by atoms with van der Waals surface area (Å²) in [4.78, 5) is 9.02. The fourth-order valence-electron chi connectivity index (χ4n) is 3.01. The van der Waals surface area contributed by atoms with Crippen LogP contribution in [0.1, 0.15) is 22.7 Å². The van der Waals surface area contributed by atoms with Crippen molar-refractivity contribution in [2.45, 2.75) is 19.3 Å². The summed E-state index contributed by atoms with van der Waals surface area (Å²) in [7, 11) is 1.75. The Morgan fingerprint density at radius 2 is 1.83 bits per heavy atom. The Kier molecular flexibility index (Phi) is 10.3. The van der Waals surface area contributed by atoms with Gasteiger partial charge in [0, 0.05) is 43.4 Å². The number of hydrogen-bond donors (Lipinski definition) is 3. The Balaban J connectivity index is 0.00000320. The van der Waals surface area contributed by atoms with Gasteiger partial charge in [-0.3, -0.25) is 4.99 Å². The first kappa shape index (κ1) is 24.3. The molecule has 1 aromatic heterocycles. The molecule has 0 radical (unpaired) electrons. The third-order valence-corrected chi connectivity index (χ3v) is 5.69. The second kappa shape index (κ2) is 12.7. The van der Waals surface area contributed by atoms with Crippen LogP contribution in [-0.2, 0) is 6.42 Å². The quantitative estimate of drug-likeness (QED) is 0.229. The molecule has 3 aromatic rings. The lowest BCUT2D eigenvalue weighted by Crippen LogP contribution is -2.40.